The predicted octanol–water partition coefficient (Wildman–Crippen LogP) is 4.45. The number of rotatable bonds is 5. The molecule has 0 fully saturated rings. The SMILES string of the molecule is OCC(Cc1cccc(Cl)c1)Cc1ccc(Cl)s1. The van der Waals surface area contributed by atoms with Crippen molar-refractivity contribution in [1.29, 1.82) is 0 Å². The van der Waals surface area contributed by atoms with Crippen molar-refractivity contribution >= 4 is 34.5 Å². The third-order valence-electron chi connectivity index (χ3n) is 2.79. The summed E-state index contributed by atoms with van der Waals surface area (Å²) < 4.78 is 0.796. The summed E-state index contributed by atoms with van der Waals surface area (Å²) in [4.78, 5) is 1.21. The van der Waals surface area contributed by atoms with Crippen LogP contribution in [0.5, 0.6) is 0 Å². The number of hydrogen-bond donors (Lipinski definition) is 1. The Bertz CT molecular complexity index is 510. The van der Waals surface area contributed by atoms with Crippen molar-refractivity contribution < 1.29 is 5.11 Å². The van der Waals surface area contributed by atoms with Crippen LogP contribution in [0.4, 0.5) is 0 Å². The largest absolute Gasteiger partial charge is 0.396 e. The number of hydrogen-bond acceptors (Lipinski definition) is 2. The molecule has 0 bridgehead atoms. The van der Waals surface area contributed by atoms with Crippen LogP contribution in [0.15, 0.2) is 36.4 Å². The quantitative estimate of drug-likeness (QED) is 0.865. The zero-order valence-electron chi connectivity index (χ0n) is 9.77. The van der Waals surface area contributed by atoms with Gasteiger partial charge in [-0.25, -0.2) is 0 Å². The van der Waals surface area contributed by atoms with Crippen molar-refractivity contribution in [3.05, 3.63) is 56.2 Å². The molecule has 0 radical (unpaired) electrons. The molecule has 1 atom stereocenters. The number of halogens is 2. The number of benzene rings is 1. The fourth-order valence-corrected chi connectivity index (χ4v) is 3.36. The van der Waals surface area contributed by atoms with Crippen LogP contribution in [-0.2, 0) is 12.8 Å². The minimum atomic E-state index is 0.169. The molecule has 1 aromatic heterocycles. The van der Waals surface area contributed by atoms with E-state index >= 15 is 0 Å². The van der Waals surface area contributed by atoms with E-state index in [2.05, 4.69) is 0 Å². The van der Waals surface area contributed by atoms with Crippen molar-refractivity contribution in [3.8, 4) is 0 Å². The van der Waals surface area contributed by atoms with E-state index in [9.17, 15) is 5.11 Å². The van der Waals surface area contributed by atoms with E-state index in [0.717, 1.165) is 27.8 Å². The summed E-state index contributed by atoms with van der Waals surface area (Å²) in [6.45, 7) is 0.169. The number of aliphatic hydroxyl groups excluding tert-OH is 1. The molecule has 0 saturated carbocycles. The van der Waals surface area contributed by atoms with Crippen LogP contribution in [0.2, 0.25) is 9.36 Å². The van der Waals surface area contributed by atoms with Crippen LogP contribution in [0.3, 0.4) is 0 Å². The fraction of sp³-hybridized carbons (Fsp3) is 0.286. The Morgan fingerprint density at radius 1 is 1.11 bits per heavy atom. The molecule has 18 heavy (non-hydrogen) atoms. The Morgan fingerprint density at radius 2 is 1.94 bits per heavy atom. The maximum Gasteiger partial charge on any atom is 0.0931 e. The van der Waals surface area contributed by atoms with Gasteiger partial charge in [0.15, 0.2) is 0 Å². The minimum Gasteiger partial charge on any atom is -0.396 e. The van der Waals surface area contributed by atoms with Crippen LogP contribution in [-0.4, -0.2) is 11.7 Å². The van der Waals surface area contributed by atoms with Crippen LogP contribution in [0, 0.1) is 5.92 Å². The lowest BCUT2D eigenvalue weighted by atomic mass is 9.96. The standard InChI is InChI=1S/C14H14Cl2OS/c15-12-3-1-2-10(7-12)6-11(9-17)8-13-4-5-14(16)18-13/h1-5,7,11,17H,6,8-9H2. The average Bonchev–Trinajstić information content (AvgIpc) is 2.74. The maximum absolute atomic E-state index is 9.46. The Kier molecular flexibility index (Phi) is 5.07. The molecular formula is C14H14Cl2OS. The van der Waals surface area contributed by atoms with Crippen LogP contribution in [0.25, 0.3) is 0 Å². The second-order valence-electron chi connectivity index (χ2n) is 4.29. The summed E-state index contributed by atoms with van der Waals surface area (Å²) in [6.07, 6.45) is 1.67. The summed E-state index contributed by atoms with van der Waals surface area (Å²) in [5.74, 6) is 0.207. The molecule has 1 nitrogen and oxygen atoms in total. The highest BCUT2D eigenvalue weighted by molar-refractivity contribution is 7.16. The van der Waals surface area contributed by atoms with Crippen molar-refractivity contribution in [2.75, 3.05) is 6.61 Å². The highest BCUT2D eigenvalue weighted by Gasteiger charge is 2.11. The molecule has 4 heteroatoms. The summed E-state index contributed by atoms with van der Waals surface area (Å²) in [5.41, 5.74) is 1.16. The topological polar surface area (TPSA) is 20.2 Å². The molecule has 1 aromatic carbocycles. The zero-order chi connectivity index (χ0) is 13.0. The number of aliphatic hydroxyl groups is 1. The van der Waals surface area contributed by atoms with Gasteiger partial charge < -0.3 is 5.11 Å². The van der Waals surface area contributed by atoms with E-state index in [0.29, 0.717) is 0 Å². The molecule has 2 aromatic rings. The van der Waals surface area contributed by atoms with Gasteiger partial charge in [-0.05, 0) is 48.6 Å². The van der Waals surface area contributed by atoms with Gasteiger partial charge >= 0.3 is 0 Å². The second kappa shape index (κ2) is 6.58. The predicted molar refractivity (Wildman–Crippen MR) is 78.8 cm³/mol. The fourth-order valence-electron chi connectivity index (χ4n) is 1.94. The maximum atomic E-state index is 9.46. The normalized spacial score (nSPS) is 12.6. The zero-order valence-corrected chi connectivity index (χ0v) is 12.1. The van der Waals surface area contributed by atoms with Gasteiger partial charge in [-0.2, -0.15) is 0 Å². The van der Waals surface area contributed by atoms with Crippen molar-refractivity contribution in [3.63, 3.8) is 0 Å². The van der Waals surface area contributed by atoms with E-state index in [1.807, 2.05) is 36.4 Å². The van der Waals surface area contributed by atoms with Gasteiger partial charge in [-0.1, -0.05) is 35.3 Å². The average molecular weight is 301 g/mol. The van der Waals surface area contributed by atoms with Gasteiger partial charge in [-0.15, -0.1) is 11.3 Å². The highest BCUT2D eigenvalue weighted by atomic mass is 35.5. The Hall–Kier alpha value is -0.540. The first-order chi connectivity index (χ1) is 8.67. The van der Waals surface area contributed by atoms with E-state index in [4.69, 9.17) is 23.2 Å². The minimum absolute atomic E-state index is 0.169. The molecular weight excluding hydrogens is 287 g/mol. The van der Waals surface area contributed by atoms with E-state index < -0.39 is 0 Å². The monoisotopic (exact) mass is 300 g/mol. The van der Waals surface area contributed by atoms with E-state index in [-0.39, 0.29) is 12.5 Å². The van der Waals surface area contributed by atoms with Gasteiger partial charge in [-0.3, -0.25) is 0 Å². The first kappa shape index (κ1) is 13.9. The Morgan fingerprint density at radius 3 is 2.56 bits per heavy atom. The Labute approximate surface area is 121 Å². The molecule has 1 unspecified atom stereocenters. The molecule has 0 aliphatic heterocycles. The second-order valence-corrected chi connectivity index (χ2v) is 6.53. The van der Waals surface area contributed by atoms with Gasteiger partial charge in [0, 0.05) is 16.5 Å². The van der Waals surface area contributed by atoms with Gasteiger partial charge in [0.05, 0.1) is 4.34 Å². The molecule has 96 valence electrons. The van der Waals surface area contributed by atoms with Crippen LogP contribution in [0.1, 0.15) is 10.4 Å². The van der Waals surface area contributed by atoms with Crippen molar-refractivity contribution in [2.45, 2.75) is 12.8 Å². The lowest BCUT2D eigenvalue weighted by Gasteiger charge is -2.13. The molecule has 0 aliphatic rings. The third kappa shape index (κ3) is 3.99. The molecule has 0 aliphatic carbocycles. The molecule has 0 saturated heterocycles. The molecule has 0 spiro atoms. The lowest BCUT2D eigenvalue weighted by molar-refractivity contribution is 0.225. The van der Waals surface area contributed by atoms with Gasteiger partial charge in [0.2, 0.25) is 0 Å². The summed E-state index contributed by atoms with van der Waals surface area (Å²) >= 11 is 13.4. The van der Waals surface area contributed by atoms with Crippen LogP contribution < -0.4 is 0 Å². The van der Waals surface area contributed by atoms with E-state index in [1.165, 1.54) is 4.88 Å². The van der Waals surface area contributed by atoms with Crippen LogP contribution >= 0.6 is 34.5 Å². The van der Waals surface area contributed by atoms with E-state index in [1.54, 1.807) is 11.3 Å². The molecule has 0 amide bonds. The van der Waals surface area contributed by atoms with Gasteiger partial charge in [0.1, 0.15) is 0 Å². The highest BCUT2D eigenvalue weighted by Crippen LogP contribution is 2.25. The summed E-state index contributed by atoms with van der Waals surface area (Å²) in [7, 11) is 0. The van der Waals surface area contributed by atoms with Crippen molar-refractivity contribution in [2.24, 2.45) is 5.92 Å². The van der Waals surface area contributed by atoms with Gasteiger partial charge in [0.25, 0.3) is 0 Å². The summed E-state index contributed by atoms with van der Waals surface area (Å²) in [5, 5.41) is 10.2. The molecule has 1 N–H and O–H groups in total. The first-order valence-electron chi connectivity index (χ1n) is 5.77. The third-order valence-corrected chi connectivity index (χ3v) is 4.28. The summed E-state index contributed by atoms with van der Waals surface area (Å²) in [6, 6.07) is 11.7. The smallest absolute Gasteiger partial charge is 0.0931 e. The Balaban J connectivity index is 2.01. The molecule has 1 heterocycles. The lowest BCUT2D eigenvalue weighted by Crippen LogP contribution is -2.12. The first-order valence-corrected chi connectivity index (χ1v) is 7.34. The molecule has 2 rings (SSSR count). The van der Waals surface area contributed by atoms with Crippen molar-refractivity contribution in [1.82, 2.24) is 0 Å². The number of thiophene rings is 1.